The monoisotopic (exact) mass is 247 g/mol. The van der Waals surface area contributed by atoms with Gasteiger partial charge in [-0.25, -0.2) is 4.39 Å². The number of hydrogen-bond donors (Lipinski definition) is 1. The highest BCUT2D eigenvalue weighted by Crippen LogP contribution is 2.24. The summed E-state index contributed by atoms with van der Waals surface area (Å²) < 4.78 is 13.3. The van der Waals surface area contributed by atoms with Crippen molar-refractivity contribution in [2.45, 2.75) is 25.1 Å². The summed E-state index contributed by atoms with van der Waals surface area (Å²) in [7, 11) is 0. The third kappa shape index (κ3) is 4.01. The quantitative estimate of drug-likeness (QED) is 0.863. The van der Waals surface area contributed by atoms with Crippen molar-refractivity contribution in [2.75, 3.05) is 5.75 Å². The van der Waals surface area contributed by atoms with E-state index in [-0.39, 0.29) is 11.9 Å². The Balaban J connectivity index is 2.50. The third-order valence-corrected chi connectivity index (χ3v) is 3.68. The lowest BCUT2D eigenvalue weighted by Gasteiger charge is -2.09. The summed E-state index contributed by atoms with van der Waals surface area (Å²) in [4.78, 5) is 0. The molecule has 1 rings (SSSR count). The molecule has 1 nitrogen and oxygen atoms in total. The molecule has 84 valence electrons. The van der Waals surface area contributed by atoms with Gasteiger partial charge in [-0.15, -0.1) is 0 Å². The number of hydrogen-bond acceptors (Lipinski definition) is 2. The molecule has 4 heteroatoms. The lowest BCUT2D eigenvalue weighted by Crippen LogP contribution is -2.21. The van der Waals surface area contributed by atoms with Gasteiger partial charge < -0.3 is 5.73 Å². The van der Waals surface area contributed by atoms with E-state index in [2.05, 4.69) is 0 Å². The molecule has 0 saturated heterocycles. The molecule has 0 spiro atoms. The summed E-state index contributed by atoms with van der Waals surface area (Å²) in [5.41, 5.74) is 6.34. The fraction of sp³-hybridized carbons (Fsp3) is 0.455. The molecule has 1 aromatic rings. The molecular weight excluding hydrogens is 233 g/mol. The molecule has 0 aliphatic rings. The van der Waals surface area contributed by atoms with Crippen LogP contribution in [0.2, 0.25) is 5.02 Å². The first kappa shape index (κ1) is 12.8. The molecule has 15 heavy (non-hydrogen) atoms. The minimum atomic E-state index is -0.236. The molecule has 0 bridgehead atoms. The minimum absolute atomic E-state index is 0.181. The van der Waals surface area contributed by atoms with Crippen molar-refractivity contribution in [2.24, 2.45) is 5.73 Å². The summed E-state index contributed by atoms with van der Waals surface area (Å²) in [6.45, 7) is 2.04. The summed E-state index contributed by atoms with van der Waals surface area (Å²) in [6.07, 6.45) is 0.942. The Hall–Kier alpha value is -0.250. The van der Waals surface area contributed by atoms with Crippen LogP contribution in [0.5, 0.6) is 0 Å². The molecule has 0 aromatic heterocycles. The first-order chi connectivity index (χ1) is 7.15. The Morgan fingerprint density at radius 1 is 1.53 bits per heavy atom. The summed E-state index contributed by atoms with van der Waals surface area (Å²) in [5.74, 6) is 1.18. The molecule has 1 unspecified atom stereocenters. The second-order valence-electron chi connectivity index (χ2n) is 3.38. The van der Waals surface area contributed by atoms with Crippen LogP contribution in [0.25, 0.3) is 0 Å². The van der Waals surface area contributed by atoms with Crippen LogP contribution >= 0.6 is 23.4 Å². The second-order valence-corrected chi connectivity index (χ2v) is 4.82. The summed E-state index contributed by atoms with van der Waals surface area (Å²) in [5, 5.41) is 0.493. The van der Waals surface area contributed by atoms with E-state index >= 15 is 0 Å². The van der Waals surface area contributed by atoms with E-state index in [0.29, 0.717) is 16.3 Å². The van der Waals surface area contributed by atoms with Crippen LogP contribution in [0.4, 0.5) is 4.39 Å². The fourth-order valence-electron chi connectivity index (χ4n) is 1.10. The Kier molecular flexibility index (Phi) is 5.43. The van der Waals surface area contributed by atoms with E-state index in [1.54, 1.807) is 23.9 Å². The van der Waals surface area contributed by atoms with Crippen LogP contribution in [0.3, 0.4) is 0 Å². The molecule has 0 heterocycles. The lowest BCUT2D eigenvalue weighted by atomic mass is 10.2. The molecule has 0 radical (unpaired) electrons. The van der Waals surface area contributed by atoms with Crippen molar-refractivity contribution < 1.29 is 4.39 Å². The predicted octanol–water partition coefficient (Wildman–Crippen LogP) is 3.45. The Morgan fingerprint density at radius 2 is 2.27 bits per heavy atom. The standard InChI is InChI=1S/C11H15ClFNS/c1-2-8(14)6-15-7-9-10(12)4-3-5-11(9)13/h3-5,8H,2,6-7,14H2,1H3. The van der Waals surface area contributed by atoms with Gasteiger partial charge in [-0.1, -0.05) is 24.6 Å². The molecule has 1 aromatic carbocycles. The maximum atomic E-state index is 13.3. The summed E-state index contributed by atoms with van der Waals surface area (Å²) in [6, 6.07) is 4.94. The molecule has 0 aliphatic heterocycles. The third-order valence-electron chi connectivity index (χ3n) is 2.16. The van der Waals surface area contributed by atoms with Crippen LogP contribution in [0.1, 0.15) is 18.9 Å². The van der Waals surface area contributed by atoms with E-state index in [1.807, 2.05) is 6.92 Å². The first-order valence-electron chi connectivity index (χ1n) is 4.91. The van der Waals surface area contributed by atoms with E-state index in [1.165, 1.54) is 6.07 Å². The van der Waals surface area contributed by atoms with Crippen LogP contribution in [0.15, 0.2) is 18.2 Å². The maximum Gasteiger partial charge on any atom is 0.128 e. The topological polar surface area (TPSA) is 26.0 Å². The van der Waals surface area contributed by atoms with Crippen molar-refractivity contribution in [1.29, 1.82) is 0 Å². The van der Waals surface area contributed by atoms with Crippen LogP contribution < -0.4 is 5.73 Å². The van der Waals surface area contributed by atoms with Crippen molar-refractivity contribution in [3.05, 3.63) is 34.6 Å². The van der Waals surface area contributed by atoms with E-state index in [4.69, 9.17) is 17.3 Å². The van der Waals surface area contributed by atoms with Gasteiger partial charge in [0.1, 0.15) is 5.82 Å². The van der Waals surface area contributed by atoms with Gasteiger partial charge in [-0.05, 0) is 18.6 Å². The van der Waals surface area contributed by atoms with Crippen LogP contribution in [-0.4, -0.2) is 11.8 Å². The molecule has 0 amide bonds. The van der Waals surface area contributed by atoms with Gasteiger partial charge in [-0.2, -0.15) is 11.8 Å². The largest absolute Gasteiger partial charge is 0.327 e. The number of nitrogens with two attached hydrogens (primary N) is 1. The average Bonchev–Trinajstić information content (AvgIpc) is 2.22. The number of halogens is 2. The highest BCUT2D eigenvalue weighted by Gasteiger charge is 2.07. The Morgan fingerprint density at radius 3 is 2.87 bits per heavy atom. The lowest BCUT2D eigenvalue weighted by molar-refractivity contribution is 0.617. The van der Waals surface area contributed by atoms with Gasteiger partial charge >= 0.3 is 0 Å². The van der Waals surface area contributed by atoms with Gasteiger partial charge in [0.25, 0.3) is 0 Å². The highest BCUT2D eigenvalue weighted by molar-refractivity contribution is 7.98. The second kappa shape index (κ2) is 6.36. The number of thioether (sulfide) groups is 1. The van der Waals surface area contributed by atoms with Crippen molar-refractivity contribution >= 4 is 23.4 Å². The van der Waals surface area contributed by atoms with Gasteiger partial charge in [0.05, 0.1) is 0 Å². The zero-order valence-electron chi connectivity index (χ0n) is 8.67. The maximum absolute atomic E-state index is 13.3. The van der Waals surface area contributed by atoms with Gasteiger partial charge in [0.15, 0.2) is 0 Å². The molecule has 2 N–H and O–H groups in total. The smallest absolute Gasteiger partial charge is 0.128 e. The molecule has 0 saturated carbocycles. The minimum Gasteiger partial charge on any atom is -0.327 e. The molecule has 1 atom stereocenters. The number of benzene rings is 1. The van der Waals surface area contributed by atoms with Crippen LogP contribution in [0, 0.1) is 5.82 Å². The molecular formula is C11H15ClFNS. The molecule has 0 aliphatic carbocycles. The molecule has 0 fully saturated rings. The van der Waals surface area contributed by atoms with Gasteiger partial charge in [0, 0.05) is 28.1 Å². The summed E-state index contributed by atoms with van der Waals surface area (Å²) >= 11 is 7.51. The van der Waals surface area contributed by atoms with E-state index < -0.39 is 0 Å². The van der Waals surface area contributed by atoms with Gasteiger partial charge in [0.2, 0.25) is 0 Å². The first-order valence-corrected chi connectivity index (χ1v) is 6.44. The Labute approximate surface area is 99.2 Å². The zero-order chi connectivity index (χ0) is 11.3. The average molecular weight is 248 g/mol. The van der Waals surface area contributed by atoms with Crippen LogP contribution in [-0.2, 0) is 5.75 Å². The van der Waals surface area contributed by atoms with E-state index in [0.717, 1.165) is 12.2 Å². The van der Waals surface area contributed by atoms with Crippen molar-refractivity contribution in [3.8, 4) is 0 Å². The SMILES string of the molecule is CCC(N)CSCc1c(F)cccc1Cl. The fourth-order valence-corrected chi connectivity index (χ4v) is 2.56. The normalized spacial score (nSPS) is 12.8. The van der Waals surface area contributed by atoms with E-state index in [9.17, 15) is 4.39 Å². The van der Waals surface area contributed by atoms with Crippen molar-refractivity contribution in [1.82, 2.24) is 0 Å². The zero-order valence-corrected chi connectivity index (χ0v) is 10.2. The predicted molar refractivity (Wildman–Crippen MR) is 65.8 cm³/mol. The Bertz CT molecular complexity index is 299. The van der Waals surface area contributed by atoms with Crippen molar-refractivity contribution in [3.63, 3.8) is 0 Å². The van der Waals surface area contributed by atoms with Gasteiger partial charge in [-0.3, -0.25) is 0 Å². The number of rotatable bonds is 5. The highest BCUT2D eigenvalue weighted by atomic mass is 35.5.